The van der Waals surface area contributed by atoms with E-state index in [0.717, 1.165) is 36.2 Å². The van der Waals surface area contributed by atoms with Gasteiger partial charge >= 0.3 is 0 Å². The maximum atomic E-state index is 9.67. The lowest BCUT2D eigenvalue weighted by Crippen LogP contribution is -2.38. The van der Waals surface area contributed by atoms with Gasteiger partial charge in [-0.25, -0.2) is 4.98 Å². The van der Waals surface area contributed by atoms with Crippen LogP contribution in [-0.4, -0.2) is 27.8 Å². The van der Waals surface area contributed by atoms with Gasteiger partial charge in [-0.1, -0.05) is 26.0 Å². The van der Waals surface area contributed by atoms with Crippen LogP contribution in [0.25, 0.3) is 11.0 Å². The molecule has 0 saturated heterocycles. The molecule has 0 aliphatic heterocycles. The molecule has 0 aliphatic carbocycles. The molecule has 1 unspecified atom stereocenters. The lowest BCUT2D eigenvalue weighted by atomic mass is 9.83. The minimum Gasteiger partial charge on any atom is -0.396 e. The second-order valence-electron chi connectivity index (χ2n) is 5.99. The molecule has 0 fully saturated rings. The van der Waals surface area contributed by atoms with Crippen LogP contribution in [0.1, 0.15) is 45.5 Å². The monoisotopic (exact) mass is 289 g/mol. The molecule has 2 aromatic rings. The van der Waals surface area contributed by atoms with Gasteiger partial charge in [0.1, 0.15) is 5.82 Å². The zero-order chi connectivity index (χ0) is 15.5. The van der Waals surface area contributed by atoms with E-state index in [0.29, 0.717) is 0 Å². The fourth-order valence-electron chi connectivity index (χ4n) is 2.79. The number of aryl methyl sites for hydroxylation is 1. The van der Waals surface area contributed by atoms with Crippen LogP contribution >= 0.6 is 0 Å². The first-order chi connectivity index (χ1) is 10.1. The third kappa shape index (κ3) is 3.11. The number of hydrogen-bond donors (Lipinski definition) is 2. The van der Waals surface area contributed by atoms with Crippen LogP contribution in [0.3, 0.4) is 0 Å². The van der Waals surface area contributed by atoms with Gasteiger partial charge in [-0.3, -0.25) is 0 Å². The summed E-state index contributed by atoms with van der Waals surface area (Å²) in [6.07, 6.45) is 1.95. The summed E-state index contributed by atoms with van der Waals surface area (Å²) in [7, 11) is 2.06. The number of fused-ring (bicyclic) bond motifs is 1. The van der Waals surface area contributed by atoms with E-state index in [1.54, 1.807) is 0 Å². The quantitative estimate of drug-likeness (QED) is 0.824. The van der Waals surface area contributed by atoms with Gasteiger partial charge in [0.25, 0.3) is 0 Å². The number of nitrogens with zero attached hydrogens (tertiary/aromatic N) is 2. The SMILES string of the molecule is CCC(CC)(CO)CNC(C)c1nc2ccccc2n1C. The van der Waals surface area contributed by atoms with Gasteiger partial charge in [0.05, 0.1) is 17.1 Å². The number of nitrogens with one attached hydrogen (secondary N) is 1. The Morgan fingerprint density at radius 1 is 1.29 bits per heavy atom. The van der Waals surface area contributed by atoms with Crippen LogP contribution in [-0.2, 0) is 7.05 Å². The molecule has 2 N–H and O–H groups in total. The highest BCUT2D eigenvalue weighted by Crippen LogP contribution is 2.26. The molecule has 4 nitrogen and oxygen atoms in total. The molecule has 116 valence electrons. The van der Waals surface area contributed by atoms with Crippen molar-refractivity contribution in [2.75, 3.05) is 13.2 Å². The molecule has 4 heteroatoms. The molecule has 2 rings (SSSR count). The van der Waals surface area contributed by atoms with Gasteiger partial charge in [0, 0.05) is 25.6 Å². The predicted octanol–water partition coefficient (Wildman–Crippen LogP) is 3.02. The Labute approximate surface area is 127 Å². The molecule has 1 atom stereocenters. The standard InChI is InChI=1S/C17H27N3O/c1-5-17(6-2,12-21)11-18-13(3)16-19-14-9-7-8-10-15(14)20(16)4/h7-10,13,18,21H,5-6,11-12H2,1-4H3. The van der Waals surface area contributed by atoms with Crippen molar-refractivity contribution in [1.82, 2.24) is 14.9 Å². The zero-order valence-electron chi connectivity index (χ0n) is 13.6. The second-order valence-corrected chi connectivity index (χ2v) is 5.99. The van der Waals surface area contributed by atoms with Gasteiger partial charge in [0.2, 0.25) is 0 Å². The molecule has 21 heavy (non-hydrogen) atoms. The Hall–Kier alpha value is -1.39. The highest BCUT2D eigenvalue weighted by Gasteiger charge is 2.26. The number of aliphatic hydroxyl groups excluding tert-OH is 1. The zero-order valence-corrected chi connectivity index (χ0v) is 13.6. The average Bonchev–Trinajstić information content (AvgIpc) is 2.87. The molecule has 1 heterocycles. The summed E-state index contributed by atoms with van der Waals surface area (Å²) in [6, 6.07) is 8.35. The molecule has 0 saturated carbocycles. The van der Waals surface area contributed by atoms with Crippen LogP contribution in [0.15, 0.2) is 24.3 Å². The maximum absolute atomic E-state index is 9.67. The number of hydrogen-bond acceptors (Lipinski definition) is 3. The third-order valence-corrected chi connectivity index (χ3v) is 4.83. The van der Waals surface area contributed by atoms with Crippen molar-refractivity contribution in [3.05, 3.63) is 30.1 Å². The van der Waals surface area contributed by atoms with E-state index >= 15 is 0 Å². The van der Waals surface area contributed by atoms with Crippen molar-refractivity contribution in [2.45, 2.75) is 39.7 Å². The van der Waals surface area contributed by atoms with Crippen LogP contribution in [0, 0.1) is 5.41 Å². The Bertz CT molecular complexity index is 578. The van der Waals surface area contributed by atoms with Gasteiger partial charge in [-0.2, -0.15) is 0 Å². The Kier molecular flexibility index (Phi) is 5.01. The second kappa shape index (κ2) is 6.58. The summed E-state index contributed by atoms with van der Waals surface area (Å²) in [4.78, 5) is 4.73. The molecule has 1 aromatic heterocycles. The summed E-state index contributed by atoms with van der Waals surface area (Å²) < 4.78 is 2.14. The lowest BCUT2D eigenvalue weighted by molar-refractivity contribution is 0.110. The van der Waals surface area contributed by atoms with E-state index in [4.69, 9.17) is 4.98 Å². The van der Waals surface area contributed by atoms with Crippen molar-refractivity contribution in [1.29, 1.82) is 0 Å². The van der Waals surface area contributed by atoms with Crippen molar-refractivity contribution < 1.29 is 5.11 Å². The highest BCUT2D eigenvalue weighted by atomic mass is 16.3. The van der Waals surface area contributed by atoms with Crippen molar-refractivity contribution in [3.63, 3.8) is 0 Å². The van der Waals surface area contributed by atoms with Crippen molar-refractivity contribution in [2.24, 2.45) is 12.5 Å². The summed E-state index contributed by atoms with van der Waals surface area (Å²) in [5.41, 5.74) is 2.15. The number of aromatic nitrogens is 2. The fourth-order valence-corrected chi connectivity index (χ4v) is 2.79. The number of para-hydroxylation sites is 2. The average molecular weight is 289 g/mol. The first-order valence-electron chi connectivity index (χ1n) is 7.82. The Balaban J connectivity index is 2.15. The molecule has 0 spiro atoms. The van der Waals surface area contributed by atoms with Gasteiger partial charge in [-0.15, -0.1) is 0 Å². The molecule has 0 amide bonds. The van der Waals surface area contributed by atoms with Gasteiger partial charge in [0.15, 0.2) is 0 Å². The van der Waals surface area contributed by atoms with E-state index in [-0.39, 0.29) is 18.1 Å². The largest absolute Gasteiger partial charge is 0.396 e. The third-order valence-electron chi connectivity index (χ3n) is 4.83. The summed E-state index contributed by atoms with van der Waals surface area (Å²) in [5, 5.41) is 13.2. The summed E-state index contributed by atoms with van der Waals surface area (Å²) in [6.45, 7) is 7.44. The van der Waals surface area contributed by atoms with E-state index in [1.807, 2.05) is 18.2 Å². The van der Waals surface area contributed by atoms with Crippen LogP contribution < -0.4 is 5.32 Å². The van der Waals surface area contributed by atoms with E-state index in [2.05, 4.69) is 43.8 Å². The van der Waals surface area contributed by atoms with E-state index in [9.17, 15) is 5.11 Å². The fraction of sp³-hybridized carbons (Fsp3) is 0.588. The first kappa shape index (κ1) is 16.0. The number of rotatable bonds is 7. The summed E-state index contributed by atoms with van der Waals surface area (Å²) >= 11 is 0. The van der Waals surface area contributed by atoms with Crippen LogP contribution in [0.2, 0.25) is 0 Å². The Morgan fingerprint density at radius 3 is 2.52 bits per heavy atom. The van der Waals surface area contributed by atoms with Crippen molar-refractivity contribution >= 4 is 11.0 Å². The van der Waals surface area contributed by atoms with Crippen LogP contribution in [0.5, 0.6) is 0 Å². The number of benzene rings is 1. The molecule has 0 radical (unpaired) electrons. The van der Waals surface area contributed by atoms with E-state index in [1.165, 1.54) is 0 Å². The smallest absolute Gasteiger partial charge is 0.126 e. The van der Waals surface area contributed by atoms with Crippen molar-refractivity contribution in [3.8, 4) is 0 Å². The van der Waals surface area contributed by atoms with Gasteiger partial charge < -0.3 is 15.0 Å². The molecule has 1 aromatic carbocycles. The minimum atomic E-state index is -0.0289. The molecule has 0 aliphatic rings. The Morgan fingerprint density at radius 2 is 1.95 bits per heavy atom. The lowest BCUT2D eigenvalue weighted by Gasteiger charge is -2.31. The highest BCUT2D eigenvalue weighted by molar-refractivity contribution is 5.75. The van der Waals surface area contributed by atoms with E-state index < -0.39 is 0 Å². The van der Waals surface area contributed by atoms with Gasteiger partial charge in [-0.05, 0) is 31.9 Å². The molecule has 0 bridgehead atoms. The first-order valence-corrected chi connectivity index (χ1v) is 7.82. The topological polar surface area (TPSA) is 50.1 Å². The number of aliphatic hydroxyl groups is 1. The maximum Gasteiger partial charge on any atom is 0.126 e. The summed E-state index contributed by atoms with van der Waals surface area (Å²) in [5.74, 6) is 1.04. The normalized spacial score (nSPS) is 13.8. The predicted molar refractivity (Wildman–Crippen MR) is 87.2 cm³/mol. The van der Waals surface area contributed by atoms with Crippen LogP contribution in [0.4, 0.5) is 0 Å². The number of imidazole rings is 1. The molecular formula is C17H27N3O. The molecular weight excluding hydrogens is 262 g/mol. The minimum absolute atomic E-state index is 0.0289.